The van der Waals surface area contributed by atoms with Gasteiger partial charge in [0.2, 0.25) is 0 Å². The number of hydrogen-bond acceptors (Lipinski definition) is 1. The van der Waals surface area contributed by atoms with E-state index in [0.717, 1.165) is 12.1 Å². The number of rotatable bonds is 4. The molecule has 0 amide bonds. The van der Waals surface area contributed by atoms with Crippen LogP contribution < -0.4 is 5.32 Å². The van der Waals surface area contributed by atoms with E-state index in [-0.39, 0.29) is 10.8 Å². The second kappa shape index (κ2) is 5.36. The lowest BCUT2D eigenvalue weighted by Crippen LogP contribution is -2.29. The molecule has 1 aliphatic carbocycles. The molecular formula is C14H19ClFN. The highest BCUT2D eigenvalue weighted by molar-refractivity contribution is 6.31. The van der Waals surface area contributed by atoms with E-state index in [1.54, 1.807) is 6.07 Å². The summed E-state index contributed by atoms with van der Waals surface area (Å²) in [6.07, 6.45) is 5.24. The third kappa shape index (κ3) is 3.20. The Morgan fingerprint density at radius 2 is 2.06 bits per heavy atom. The van der Waals surface area contributed by atoms with Gasteiger partial charge in [-0.1, -0.05) is 43.5 Å². The van der Waals surface area contributed by atoms with Gasteiger partial charge in [-0.15, -0.1) is 0 Å². The van der Waals surface area contributed by atoms with Crippen molar-refractivity contribution < 1.29 is 4.39 Å². The van der Waals surface area contributed by atoms with Crippen LogP contribution in [-0.4, -0.2) is 6.54 Å². The highest BCUT2D eigenvalue weighted by Crippen LogP contribution is 2.36. The molecule has 1 aromatic rings. The molecule has 1 fully saturated rings. The van der Waals surface area contributed by atoms with Gasteiger partial charge in [-0.2, -0.15) is 0 Å². The maximum atomic E-state index is 13.2. The molecule has 0 aromatic heterocycles. The average molecular weight is 256 g/mol. The maximum absolute atomic E-state index is 13.2. The molecule has 0 saturated heterocycles. The summed E-state index contributed by atoms with van der Waals surface area (Å²) in [5.74, 6) is -0.335. The SMILES string of the molecule is CC1(CNCc2cccc(F)c2Cl)CCCC1. The summed E-state index contributed by atoms with van der Waals surface area (Å²) in [5.41, 5.74) is 1.26. The summed E-state index contributed by atoms with van der Waals surface area (Å²) >= 11 is 5.91. The minimum atomic E-state index is -0.335. The first-order valence-corrected chi connectivity index (χ1v) is 6.62. The van der Waals surface area contributed by atoms with E-state index in [9.17, 15) is 4.39 Å². The van der Waals surface area contributed by atoms with Crippen molar-refractivity contribution >= 4 is 11.6 Å². The second-order valence-corrected chi connectivity index (χ2v) is 5.71. The summed E-state index contributed by atoms with van der Waals surface area (Å²) in [6, 6.07) is 4.97. The van der Waals surface area contributed by atoms with E-state index in [1.165, 1.54) is 31.7 Å². The van der Waals surface area contributed by atoms with Gasteiger partial charge in [0, 0.05) is 13.1 Å². The average Bonchev–Trinajstić information content (AvgIpc) is 2.72. The van der Waals surface area contributed by atoms with Crippen molar-refractivity contribution in [3.8, 4) is 0 Å². The Morgan fingerprint density at radius 1 is 1.35 bits per heavy atom. The Balaban J connectivity index is 1.88. The molecule has 17 heavy (non-hydrogen) atoms. The summed E-state index contributed by atoms with van der Waals surface area (Å²) < 4.78 is 13.2. The number of nitrogens with one attached hydrogen (secondary N) is 1. The van der Waals surface area contributed by atoms with E-state index in [4.69, 9.17) is 11.6 Å². The molecule has 0 heterocycles. The Bertz CT molecular complexity index is 386. The molecule has 1 nitrogen and oxygen atoms in total. The van der Waals surface area contributed by atoms with Gasteiger partial charge in [0.1, 0.15) is 5.82 Å². The lowest BCUT2D eigenvalue weighted by atomic mass is 9.89. The van der Waals surface area contributed by atoms with Gasteiger partial charge in [0.25, 0.3) is 0 Å². The minimum Gasteiger partial charge on any atom is -0.312 e. The molecule has 0 aliphatic heterocycles. The lowest BCUT2D eigenvalue weighted by Gasteiger charge is -2.24. The molecule has 1 aliphatic rings. The van der Waals surface area contributed by atoms with Gasteiger partial charge >= 0.3 is 0 Å². The van der Waals surface area contributed by atoms with Gasteiger partial charge in [-0.25, -0.2) is 4.39 Å². The fourth-order valence-electron chi connectivity index (χ4n) is 2.59. The monoisotopic (exact) mass is 255 g/mol. The van der Waals surface area contributed by atoms with Crippen molar-refractivity contribution in [3.05, 3.63) is 34.6 Å². The van der Waals surface area contributed by atoms with Crippen LogP contribution in [0.3, 0.4) is 0 Å². The fourth-order valence-corrected chi connectivity index (χ4v) is 2.78. The molecule has 0 bridgehead atoms. The third-order valence-corrected chi connectivity index (χ3v) is 4.13. The van der Waals surface area contributed by atoms with Gasteiger partial charge in [-0.05, 0) is 29.9 Å². The van der Waals surface area contributed by atoms with Crippen LogP contribution in [0.5, 0.6) is 0 Å². The van der Waals surface area contributed by atoms with Crippen molar-refractivity contribution in [1.29, 1.82) is 0 Å². The van der Waals surface area contributed by atoms with Crippen LogP contribution in [-0.2, 0) is 6.54 Å². The molecule has 0 radical (unpaired) electrons. The van der Waals surface area contributed by atoms with Crippen LogP contribution in [0.25, 0.3) is 0 Å². The summed E-state index contributed by atoms with van der Waals surface area (Å²) in [6.45, 7) is 3.95. The van der Waals surface area contributed by atoms with Gasteiger partial charge < -0.3 is 5.32 Å². The van der Waals surface area contributed by atoms with Crippen LogP contribution in [0, 0.1) is 11.2 Å². The van der Waals surface area contributed by atoms with Crippen molar-refractivity contribution in [1.82, 2.24) is 5.32 Å². The smallest absolute Gasteiger partial charge is 0.142 e. The normalized spacial score (nSPS) is 18.5. The van der Waals surface area contributed by atoms with E-state index in [2.05, 4.69) is 12.2 Å². The Labute approximate surface area is 107 Å². The zero-order valence-corrected chi connectivity index (χ0v) is 11.0. The van der Waals surface area contributed by atoms with Gasteiger partial charge in [-0.3, -0.25) is 0 Å². The van der Waals surface area contributed by atoms with Crippen molar-refractivity contribution in [2.75, 3.05) is 6.54 Å². The standard InChI is InChI=1S/C14H19ClFN/c1-14(7-2-3-8-14)10-17-9-11-5-4-6-12(16)13(11)15/h4-6,17H,2-3,7-10H2,1H3. The second-order valence-electron chi connectivity index (χ2n) is 5.33. The summed E-state index contributed by atoms with van der Waals surface area (Å²) in [5, 5.41) is 3.65. The van der Waals surface area contributed by atoms with Crippen LogP contribution in [0.1, 0.15) is 38.2 Å². The number of hydrogen-bond donors (Lipinski definition) is 1. The summed E-state index contributed by atoms with van der Waals surface area (Å²) in [7, 11) is 0. The van der Waals surface area contributed by atoms with Crippen LogP contribution in [0.4, 0.5) is 4.39 Å². The molecule has 1 aromatic carbocycles. The lowest BCUT2D eigenvalue weighted by molar-refractivity contribution is 0.314. The van der Waals surface area contributed by atoms with Crippen LogP contribution >= 0.6 is 11.6 Å². The highest BCUT2D eigenvalue weighted by atomic mass is 35.5. The predicted molar refractivity (Wildman–Crippen MR) is 69.7 cm³/mol. The van der Waals surface area contributed by atoms with Gasteiger partial charge in [0.15, 0.2) is 0 Å². The molecule has 1 N–H and O–H groups in total. The minimum absolute atomic E-state index is 0.247. The quantitative estimate of drug-likeness (QED) is 0.852. The topological polar surface area (TPSA) is 12.0 Å². The van der Waals surface area contributed by atoms with E-state index in [1.807, 2.05) is 6.07 Å². The number of benzene rings is 1. The molecule has 0 unspecified atom stereocenters. The largest absolute Gasteiger partial charge is 0.312 e. The third-order valence-electron chi connectivity index (χ3n) is 3.71. The first-order valence-electron chi connectivity index (χ1n) is 6.24. The molecule has 1 saturated carbocycles. The van der Waals surface area contributed by atoms with Crippen molar-refractivity contribution in [2.24, 2.45) is 5.41 Å². The van der Waals surface area contributed by atoms with E-state index in [0.29, 0.717) is 12.0 Å². The zero-order chi connectivity index (χ0) is 12.3. The fraction of sp³-hybridized carbons (Fsp3) is 0.571. The Hall–Kier alpha value is -0.600. The Morgan fingerprint density at radius 3 is 2.76 bits per heavy atom. The first kappa shape index (κ1) is 12.8. The van der Waals surface area contributed by atoms with Crippen LogP contribution in [0.2, 0.25) is 5.02 Å². The number of halogens is 2. The predicted octanol–water partition coefficient (Wildman–Crippen LogP) is 4.15. The van der Waals surface area contributed by atoms with Crippen molar-refractivity contribution in [2.45, 2.75) is 39.2 Å². The molecule has 2 rings (SSSR count). The maximum Gasteiger partial charge on any atom is 0.142 e. The highest BCUT2D eigenvalue weighted by Gasteiger charge is 2.27. The zero-order valence-electron chi connectivity index (χ0n) is 10.2. The molecular weight excluding hydrogens is 237 g/mol. The van der Waals surface area contributed by atoms with Crippen molar-refractivity contribution in [3.63, 3.8) is 0 Å². The molecule has 3 heteroatoms. The van der Waals surface area contributed by atoms with Gasteiger partial charge in [0.05, 0.1) is 5.02 Å². The summed E-state index contributed by atoms with van der Waals surface area (Å²) in [4.78, 5) is 0. The van der Waals surface area contributed by atoms with Crippen LogP contribution in [0.15, 0.2) is 18.2 Å². The first-order chi connectivity index (χ1) is 8.11. The molecule has 94 valence electrons. The van der Waals surface area contributed by atoms with E-state index < -0.39 is 0 Å². The Kier molecular flexibility index (Phi) is 4.05. The molecule has 0 atom stereocenters. The molecule has 0 spiro atoms. The van der Waals surface area contributed by atoms with E-state index >= 15 is 0 Å².